The second-order valence-corrected chi connectivity index (χ2v) is 9.29. The Bertz CT molecular complexity index is 1280. The molecule has 0 aromatic heterocycles. The minimum Gasteiger partial charge on any atom is -0.504 e. The number of amides is 1. The van der Waals surface area contributed by atoms with Gasteiger partial charge in [-0.3, -0.25) is 9.10 Å². The maximum Gasteiger partial charge on any atom is 0.264 e. The summed E-state index contributed by atoms with van der Waals surface area (Å²) < 4.78 is 32.6. The van der Waals surface area contributed by atoms with Crippen molar-refractivity contribution in [3.8, 4) is 11.5 Å². The minimum absolute atomic E-state index is 0.0330. The number of ether oxygens (including phenoxy) is 1. The monoisotopic (exact) mass is 487 g/mol. The topological polar surface area (TPSA) is 108 Å². The number of carbonyl (C=O) groups excluding carboxylic acids is 1. The highest BCUT2D eigenvalue weighted by molar-refractivity contribution is 7.92. The molecule has 3 aromatic rings. The van der Waals surface area contributed by atoms with Gasteiger partial charge >= 0.3 is 0 Å². The van der Waals surface area contributed by atoms with Crippen molar-refractivity contribution < 1.29 is 23.1 Å². The van der Waals surface area contributed by atoms with Crippen molar-refractivity contribution in [3.63, 3.8) is 0 Å². The van der Waals surface area contributed by atoms with Crippen LogP contribution in [0, 0.1) is 6.92 Å². The molecule has 0 spiro atoms. The zero-order valence-electron chi connectivity index (χ0n) is 17.9. The van der Waals surface area contributed by atoms with Gasteiger partial charge in [0.25, 0.3) is 15.9 Å². The van der Waals surface area contributed by atoms with Gasteiger partial charge in [0.05, 0.1) is 23.9 Å². The fraction of sp³-hybridized carbons (Fsp3) is 0.130. The lowest BCUT2D eigenvalue weighted by Gasteiger charge is -2.24. The van der Waals surface area contributed by atoms with Crippen LogP contribution in [-0.2, 0) is 14.8 Å². The summed E-state index contributed by atoms with van der Waals surface area (Å²) in [6.07, 6.45) is 1.23. The van der Waals surface area contributed by atoms with E-state index < -0.39 is 22.5 Å². The van der Waals surface area contributed by atoms with E-state index in [4.69, 9.17) is 16.3 Å². The molecule has 0 aliphatic carbocycles. The number of aryl methyl sites for hydroxylation is 1. The van der Waals surface area contributed by atoms with E-state index >= 15 is 0 Å². The average Bonchev–Trinajstić information content (AvgIpc) is 2.79. The van der Waals surface area contributed by atoms with Crippen molar-refractivity contribution in [2.75, 3.05) is 18.0 Å². The normalized spacial score (nSPS) is 11.4. The summed E-state index contributed by atoms with van der Waals surface area (Å²) >= 11 is 6.05. The first-order valence-electron chi connectivity index (χ1n) is 9.75. The molecule has 172 valence electrons. The number of hydrogen-bond donors (Lipinski definition) is 2. The van der Waals surface area contributed by atoms with Gasteiger partial charge in [0, 0.05) is 10.6 Å². The molecular formula is C23H22ClN3O5S. The molecule has 0 saturated heterocycles. The van der Waals surface area contributed by atoms with Crippen molar-refractivity contribution >= 4 is 39.4 Å². The van der Waals surface area contributed by atoms with E-state index in [1.54, 1.807) is 48.5 Å². The standard InChI is InChI=1S/C23H22ClN3O5S/c1-16-9-11-20(12-10-16)33(30,31)27(19-7-4-6-18(24)13-19)15-22(28)26-25-14-17-5-3-8-21(32-2)23(17)29/h3-14,29H,15H2,1-2H3,(H,26,28)/b25-14-. The Labute approximate surface area is 197 Å². The number of carbonyl (C=O) groups is 1. The molecule has 0 bridgehead atoms. The number of nitrogens with zero attached hydrogens (tertiary/aromatic N) is 2. The molecule has 1 amide bonds. The van der Waals surface area contributed by atoms with E-state index in [0.29, 0.717) is 10.6 Å². The van der Waals surface area contributed by atoms with Gasteiger partial charge in [-0.1, -0.05) is 41.4 Å². The highest BCUT2D eigenvalue weighted by Gasteiger charge is 2.27. The van der Waals surface area contributed by atoms with E-state index in [1.165, 1.54) is 31.5 Å². The number of sulfonamides is 1. The number of rotatable bonds is 8. The molecule has 0 radical (unpaired) electrons. The Morgan fingerprint density at radius 1 is 1.15 bits per heavy atom. The Kier molecular flexibility index (Phi) is 7.57. The highest BCUT2D eigenvalue weighted by Crippen LogP contribution is 2.28. The molecule has 0 unspecified atom stereocenters. The number of methoxy groups -OCH3 is 1. The van der Waals surface area contributed by atoms with E-state index in [-0.39, 0.29) is 22.1 Å². The van der Waals surface area contributed by atoms with Crippen LogP contribution < -0.4 is 14.5 Å². The van der Waals surface area contributed by atoms with Crippen LogP contribution in [0.4, 0.5) is 5.69 Å². The summed E-state index contributed by atoms with van der Waals surface area (Å²) in [7, 11) is -2.66. The summed E-state index contributed by atoms with van der Waals surface area (Å²) in [6.45, 7) is 1.30. The van der Waals surface area contributed by atoms with Gasteiger partial charge in [-0.15, -0.1) is 0 Å². The second-order valence-electron chi connectivity index (χ2n) is 7.00. The van der Waals surface area contributed by atoms with E-state index in [9.17, 15) is 18.3 Å². The van der Waals surface area contributed by atoms with Crippen molar-refractivity contribution in [1.82, 2.24) is 5.43 Å². The maximum atomic E-state index is 13.3. The van der Waals surface area contributed by atoms with Gasteiger partial charge in [0.1, 0.15) is 6.54 Å². The first kappa shape index (κ1) is 24.1. The summed E-state index contributed by atoms with van der Waals surface area (Å²) in [5, 5.41) is 14.2. The van der Waals surface area contributed by atoms with Gasteiger partial charge in [-0.2, -0.15) is 5.10 Å². The summed E-state index contributed by atoms with van der Waals surface area (Å²) in [5.74, 6) is -0.577. The number of nitrogens with one attached hydrogen (secondary N) is 1. The van der Waals surface area contributed by atoms with Gasteiger partial charge in [0.2, 0.25) is 0 Å². The van der Waals surface area contributed by atoms with Crippen molar-refractivity contribution in [3.05, 3.63) is 82.9 Å². The molecule has 3 rings (SSSR count). The summed E-state index contributed by atoms with van der Waals surface area (Å²) in [6, 6.07) is 17.3. The Hall–Kier alpha value is -3.56. The lowest BCUT2D eigenvalue weighted by atomic mass is 10.2. The van der Waals surface area contributed by atoms with Crippen LogP contribution in [0.15, 0.2) is 76.7 Å². The molecule has 0 aliphatic rings. The second kappa shape index (κ2) is 10.4. The van der Waals surface area contributed by atoms with Crippen LogP contribution >= 0.6 is 11.6 Å². The zero-order valence-corrected chi connectivity index (χ0v) is 19.5. The molecule has 8 nitrogen and oxygen atoms in total. The molecule has 0 atom stereocenters. The fourth-order valence-corrected chi connectivity index (χ4v) is 4.53. The lowest BCUT2D eigenvalue weighted by Crippen LogP contribution is -2.39. The van der Waals surface area contributed by atoms with Crippen LogP contribution in [0.5, 0.6) is 11.5 Å². The Morgan fingerprint density at radius 2 is 1.85 bits per heavy atom. The van der Waals surface area contributed by atoms with E-state index in [1.807, 2.05) is 6.92 Å². The molecule has 0 heterocycles. The molecule has 0 fully saturated rings. The molecular weight excluding hydrogens is 466 g/mol. The van der Waals surface area contributed by atoms with Crippen LogP contribution in [0.25, 0.3) is 0 Å². The fourth-order valence-electron chi connectivity index (χ4n) is 2.93. The largest absolute Gasteiger partial charge is 0.504 e. The van der Waals surface area contributed by atoms with Gasteiger partial charge in [0.15, 0.2) is 11.5 Å². The van der Waals surface area contributed by atoms with Crippen LogP contribution in [0.2, 0.25) is 5.02 Å². The van der Waals surface area contributed by atoms with Crippen molar-refractivity contribution in [2.24, 2.45) is 5.10 Å². The molecule has 33 heavy (non-hydrogen) atoms. The van der Waals surface area contributed by atoms with Gasteiger partial charge < -0.3 is 9.84 Å². The van der Waals surface area contributed by atoms with Crippen molar-refractivity contribution in [2.45, 2.75) is 11.8 Å². The Balaban J connectivity index is 1.85. The quantitative estimate of drug-likeness (QED) is 0.372. The van der Waals surface area contributed by atoms with Crippen LogP contribution in [0.3, 0.4) is 0 Å². The van der Waals surface area contributed by atoms with Gasteiger partial charge in [-0.25, -0.2) is 13.8 Å². The third kappa shape index (κ3) is 5.82. The van der Waals surface area contributed by atoms with E-state index in [2.05, 4.69) is 10.5 Å². The molecule has 10 heteroatoms. The number of hydrazone groups is 1. The smallest absolute Gasteiger partial charge is 0.264 e. The van der Waals surface area contributed by atoms with Crippen LogP contribution in [-0.4, -0.2) is 39.3 Å². The lowest BCUT2D eigenvalue weighted by molar-refractivity contribution is -0.119. The Morgan fingerprint density at radius 3 is 2.52 bits per heavy atom. The van der Waals surface area contributed by atoms with E-state index in [0.717, 1.165) is 9.87 Å². The number of hydrogen-bond acceptors (Lipinski definition) is 6. The number of halogens is 1. The predicted molar refractivity (Wildman–Crippen MR) is 128 cm³/mol. The number of benzene rings is 3. The summed E-state index contributed by atoms with van der Waals surface area (Å²) in [4.78, 5) is 12.6. The minimum atomic E-state index is -4.07. The number of phenolic OH excluding ortho intramolecular Hbond substituents is 1. The third-order valence-corrected chi connectivity index (χ3v) is 6.66. The number of aromatic hydroxyl groups is 1. The molecule has 2 N–H and O–H groups in total. The van der Waals surface area contributed by atoms with Gasteiger partial charge in [-0.05, 0) is 49.4 Å². The summed E-state index contributed by atoms with van der Waals surface area (Å²) in [5.41, 5.74) is 3.72. The third-order valence-electron chi connectivity index (χ3n) is 4.64. The number of para-hydroxylation sites is 1. The zero-order chi connectivity index (χ0) is 24.0. The van der Waals surface area contributed by atoms with Crippen molar-refractivity contribution in [1.29, 1.82) is 0 Å². The number of phenols is 1. The highest BCUT2D eigenvalue weighted by atomic mass is 35.5. The number of anilines is 1. The molecule has 0 aliphatic heterocycles. The van der Waals surface area contributed by atoms with Crippen LogP contribution in [0.1, 0.15) is 11.1 Å². The average molecular weight is 488 g/mol. The molecule has 0 saturated carbocycles. The molecule has 3 aromatic carbocycles. The SMILES string of the molecule is COc1cccc(/C=N\NC(=O)CN(c2cccc(Cl)c2)S(=O)(=O)c2ccc(C)cc2)c1O. The maximum absolute atomic E-state index is 13.3. The first-order valence-corrected chi connectivity index (χ1v) is 11.6. The first-order chi connectivity index (χ1) is 15.7. The predicted octanol–water partition coefficient (Wildman–Crippen LogP) is 3.71.